The van der Waals surface area contributed by atoms with Crippen molar-refractivity contribution in [2.45, 2.75) is 50.7 Å². The first-order valence-corrected chi connectivity index (χ1v) is 11.6. The molecule has 1 aromatic carbocycles. The topological polar surface area (TPSA) is 111 Å². The molecule has 9 heteroatoms. The van der Waals surface area contributed by atoms with Gasteiger partial charge in [-0.05, 0) is 49.9 Å². The maximum atomic E-state index is 12.9. The van der Waals surface area contributed by atoms with Gasteiger partial charge >= 0.3 is 0 Å². The quantitative estimate of drug-likeness (QED) is 0.597. The number of rotatable bonds is 6. The van der Waals surface area contributed by atoms with E-state index in [2.05, 4.69) is 27.8 Å². The van der Waals surface area contributed by atoms with Gasteiger partial charge < -0.3 is 19.4 Å². The lowest BCUT2D eigenvalue weighted by Crippen LogP contribution is -2.52. The maximum absolute atomic E-state index is 12.9. The van der Waals surface area contributed by atoms with Crippen molar-refractivity contribution in [2.24, 2.45) is 0 Å². The predicted octanol–water partition coefficient (Wildman–Crippen LogP) is 2.96. The van der Waals surface area contributed by atoms with Crippen molar-refractivity contribution in [1.29, 1.82) is 0 Å². The van der Waals surface area contributed by atoms with Crippen LogP contribution in [0.5, 0.6) is 0 Å². The third-order valence-corrected chi connectivity index (χ3v) is 7.13. The van der Waals surface area contributed by atoms with Crippen LogP contribution in [0.15, 0.2) is 51.7 Å². The van der Waals surface area contributed by atoms with E-state index in [4.69, 9.17) is 13.8 Å². The van der Waals surface area contributed by atoms with Gasteiger partial charge in [0.2, 0.25) is 5.91 Å². The lowest BCUT2D eigenvalue weighted by atomic mass is 9.71. The molecule has 2 aromatic heterocycles. The summed E-state index contributed by atoms with van der Waals surface area (Å²) < 4.78 is 16.4. The summed E-state index contributed by atoms with van der Waals surface area (Å²) in [7, 11) is 0. The molecule has 3 heterocycles. The fourth-order valence-electron chi connectivity index (χ4n) is 5.44. The number of fused-ring (bicyclic) bond motifs is 2. The third kappa shape index (κ3) is 3.79. The SMILES string of the molecule is CCO[C@H]1[C@H](NC(=O)c2ccco2)c2ccccc2C12CCN(C(=O)Cc1nonc1C)CC2. The number of aromatic nitrogens is 2. The van der Waals surface area contributed by atoms with Crippen molar-refractivity contribution < 1.29 is 23.4 Å². The first kappa shape index (κ1) is 22.3. The second-order valence-corrected chi connectivity index (χ2v) is 8.90. The van der Waals surface area contributed by atoms with Crippen LogP contribution in [0.1, 0.15) is 58.9 Å². The standard InChI is InChI=1S/C25H28N4O5/c1-3-32-23-22(26-24(31)20-9-6-14-33-20)17-7-4-5-8-18(17)25(23)10-12-29(13-11-25)21(30)15-19-16(2)27-34-28-19/h4-9,14,22-23H,3,10-13,15H2,1-2H3,(H,26,31)/t22-,23+/m1/s1. The Labute approximate surface area is 197 Å². The molecular weight excluding hydrogens is 436 g/mol. The van der Waals surface area contributed by atoms with Gasteiger partial charge in [0.1, 0.15) is 11.4 Å². The van der Waals surface area contributed by atoms with E-state index < -0.39 is 0 Å². The van der Waals surface area contributed by atoms with E-state index in [1.54, 1.807) is 19.1 Å². The molecule has 2 atom stereocenters. The van der Waals surface area contributed by atoms with Gasteiger partial charge in [-0.2, -0.15) is 0 Å². The number of piperidine rings is 1. The highest BCUT2D eigenvalue weighted by atomic mass is 16.6. The molecule has 178 valence electrons. The minimum Gasteiger partial charge on any atom is -0.459 e. The lowest BCUT2D eigenvalue weighted by molar-refractivity contribution is -0.133. The zero-order chi connectivity index (χ0) is 23.7. The minimum absolute atomic E-state index is 0.00978. The summed E-state index contributed by atoms with van der Waals surface area (Å²) in [5, 5.41) is 10.8. The molecule has 1 fully saturated rings. The third-order valence-electron chi connectivity index (χ3n) is 7.13. The van der Waals surface area contributed by atoms with Crippen LogP contribution < -0.4 is 5.32 Å². The molecule has 34 heavy (non-hydrogen) atoms. The van der Waals surface area contributed by atoms with Crippen molar-refractivity contribution in [3.63, 3.8) is 0 Å². The molecule has 1 aliphatic heterocycles. The van der Waals surface area contributed by atoms with Crippen molar-refractivity contribution in [3.8, 4) is 0 Å². The van der Waals surface area contributed by atoms with Crippen molar-refractivity contribution in [3.05, 3.63) is 70.9 Å². The van der Waals surface area contributed by atoms with Crippen molar-refractivity contribution >= 4 is 11.8 Å². The number of amides is 2. The molecule has 0 saturated carbocycles. The first-order valence-electron chi connectivity index (χ1n) is 11.6. The summed E-state index contributed by atoms with van der Waals surface area (Å²) in [4.78, 5) is 27.7. The van der Waals surface area contributed by atoms with E-state index in [1.165, 1.54) is 11.8 Å². The summed E-state index contributed by atoms with van der Waals surface area (Å²) in [6.45, 7) is 5.47. The Kier molecular flexibility index (Phi) is 5.95. The Bertz CT molecular complexity index is 1160. The van der Waals surface area contributed by atoms with E-state index in [-0.39, 0.29) is 41.6 Å². The molecular formula is C25H28N4O5. The van der Waals surface area contributed by atoms with Crippen molar-refractivity contribution in [2.75, 3.05) is 19.7 Å². The van der Waals surface area contributed by atoms with Gasteiger partial charge in [-0.3, -0.25) is 9.59 Å². The van der Waals surface area contributed by atoms with Gasteiger partial charge in [0.15, 0.2) is 5.76 Å². The van der Waals surface area contributed by atoms with Crippen molar-refractivity contribution in [1.82, 2.24) is 20.5 Å². The predicted molar refractivity (Wildman–Crippen MR) is 121 cm³/mol. The average Bonchev–Trinajstić information content (AvgIpc) is 3.58. The Morgan fingerprint density at radius 2 is 1.97 bits per heavy atom. The van der Waals surface area contributed by atoms with Crippen LogP contribution >= 0.6 is 0 Å². The van der Waals surface area contributed by atoms with Crippen LogP contribution in [0.2, 0.25) is 0 Å². The van der Waals surface area contributed by atoms with E-state index in [0.717, 1.165) is 18.4 Å². The van der Waals surface area contributed by atoms with Gasteiger partial charge in [0.25, 0.3) is 5.91 Å². The molecule has 0 unspecified atom stereocenters. The maximum Gasteiger partial charge on any atom is 0.287 e. The molecule has 0 bridgehead atoms. The highest BCUT2D eigenvalue weighted by Gasteiger charge is 2.54. The summed E-state index contributed by atoms with van der Waals surface area (Å²) in [5.74, 6) is 0.0121. The van der Waals surface area contributed by atoms with E-state index >= 15 is 0 Å². The molecule has 1 saturated heterocycles. The normalized spacial score (nSPS) is 20.9. The van der Waals surface area contributed by atoms with Crippen LogP contribution in [0.25, 0.3) is 0 Å². The Morgan fingerprint density at radius 3 is 2.65 bits per heavy atom. The van der Waals surface area contributed by atoms with E-state index in [0.29, 0.717) is 31.1 Å². The zero-order valence-corrected chi connectivity index (χ0v) is 19.3. The number of likely N-dealkylation sites (tertiary alicyclic amines) is 1. The molecule has 1 aliphatic carbocycles. The van der Waals surface area contributed by atoms with Crippen LogP contribution in [0.3, 0.4) is 0 Å². The van der Waals surface area contributed by atoms with Gasteiger partial charge in [-0.15, -0.1) is 0 Å². The number of ether oxygens (including phenoxy) is 1. The molecule has 2 amide bonds. The molecule has 1 spiro atoms. The second-order valence-electron chi connectivity index (χ2n) is 8.90. The van der Waals surface area contributed by atoms with Crippen LogP contribution in [0.4, 0.5) is 0 Å². The molecule has 9 nitrogen and oxygen atoms in total. The Morgan fingerprint density at radius 1 is 1.18 bits per heavy atom. The van der Waals surface area contributed by atoms with Crippen LogP contribution in [-0.2, 0) is 21.4 Å². The van der Waals surface area contributed by atoms with E-state index in [9.17, 15) is 9.59 Å². The summed E-state index contributed by atoms with van der Waals surface area (Å²) in [6.07, 6.45) is 2.90. The number of hydrogen-bond donors (Lipinski definition) is 1. The van der Waals surface area contributed by atoms with Gasteiger partial charge in [-0.25, -0.2) is 4.63 Å². The molecule has 1 N–H and O–H groups in total. The minimum atomic E-state index is -0.306. The second kappa shape index (κ2) is 9.06. The lowest BCUT2D eigenvalue weighted by Gasteiger charge is -2.44. The number of carbonyl (C=O) groups excluding carboxylic acids is 2. The molecule has 0 radical (unpaired) electrons. The number of nitrogens with one attached hydrogen (secondary N) is 1. The Balaban J connectivity index is 1.39. The number of benzene rings is 1. The summed E-state index contributed by atoms with van der Waals surface area (Å²) in [5.41, 5.74) is 3.16. The summed E-state index contributed by atoms with van der Waals surface area (Å²) >= 11 is 0. The number of furan rings is 1. The zero-order valence-electron chi connectivity index (χ0n) is 19.3. The molecule has 3 aromatic rings. The number of hydrogen-bond acceptors (Lipinski definition) is 7. The number of nitrogens with zero attached hydrogens (tertiary/aromatic N) is 3. The largest absolute Gasteiger partial charge is 0.459 e. The fraction of sp³-hybridized carbons (Fsp3) is 0.440. The van der Waals surface area contributed by atoms with Crippen LogP contribution in [-0.4, -0.2) is 52.8 Å². The van der Waals surface area contributed by atoms with Gasteiger partial charge in [0.05, 0.1) is 24.8 Å². The Hall–Kier alpha value is -3.46. The number of aryl methyl sites for hydroxylation is 1. The summed E-state index contributed by atoms with van der Waals surface area (Å²) in [6, 6.07) is 11.2. The van der Waals surface area contributed by atoms with Crippen LogP contribution in [0, 0.1) is 6.92 Å². The number of carbonyl (C=O) groups is 2. The molecule has 2 aliphatic rings. The first-order chi connectivity index (χ1) is 16.5. The van der Waals surface area contributed by atoms with Gasteiger partial charge in [-0.1, -0.05) is 34.6 Å². The van der Waals surface area contributed by atoms with E-state index in [1.807, 2.05) is 24.0 Å². The average molecular weight is 465 g/mol. The highest BCUT2D eigenvalue weighted by molar-refractivity contribution is 5.91. The molecule has 5 rings (SSSR count). The van der Waals surface area contributed by atoms with Gasteiger partial charge in [0, 0.05) is 25.1 Å². The highest BCUT2D eigenvalue weighted by Crippen LogP contribution is 2.52. The monoisotopic (exact) mass is 464 g/mol. The smallest absolute Gasteiger partial charge is 0.287 e. The fourth-order valence-corrected chi connectivity index (χ4v) is 5.44.